The third-order valence-corrected chi connectivity index (χ3v) is 8.08. The molecule has 0 aromatic carbocycles. The van der Waals surface area contributed by atoms with Crippen LogP contribution in [0.4, 0.5) is 0 Å². The van der Waals surface area contributed by atoms with Gasteiger partial charge < -0.3 is 0 Å². The van der Waals surface area contributed by atoms with Crippen LogP contribution < -0.4 is 0 Å². The number of alkyl halides is 2. The Morgan fingerprint density at radius 3 is 1.65 bits per heavy atom. The van der Waals surface area contributed by atoms with Gasteiger partial charge in [-0.15, -0.1) is 0 Å². The first kappa shape index (κ1) is 16.5. The number of hydrogen-bond donors (Lipinski definition) is 0. The zero-order valence-electron chi connectivity index (χ0n) is 14.3. The fraction of sp³-hybridized carbons (Fsp3) is 0.810. The molecule has 4 aliphatic carbocycles. The van der Waals surface area contributed by atoms with E-state index >= 15 is 0 Å². The van der Waals surface area contributed by atoms with Crippen molar-refractivity contribution < 1.29 is 0 Å². The van der Waals surface area contributed by atoms with Crippen LogP contribution in [0, 0.1) is 17.3 Å². The second kappa shape index (κ2) is 6.41. The summed E-state index contributed by atoms with van der Waals surface area (Å²) in [5.74, 6) is 1.36. The highest BCUT2D eigenvalue weighted by molar-refractivity contribution is 6.50. The zero-order chi connectivity index (χ0) is 15.9. The molecule has 0 nitrogen and oxygen atoms in total. The molecular weight excluding hydrogens is 323 g/mol. The average Bonchev–Trinajstić information content (AvgIpc) is 3.01. The molecule has 0 amide bonds. The third-order valence-electron chi connectivity index (χ3n) is 7.21. The van der Waals surface area contributed by atoms with Crippen molar-refractivity contribution in [3.05, 3.63) is 23.3 Å². The van der Waals surface area contributed by atoms with Crippen LogP contribution in [-0.4, -0.2) is 4.33 Å². The van der Waals surface area contributed by atoms with Crippen LogP contribution in [0.5, 0.6) is 0 Å². The lowest BCUT2D eigenvalue weighted by molar-refractivity contribution is 0.0620. The fourth-order valence-corrected chi connectivity index (χ4v) is 7.11. The van der Waals surface area contributed by atoms with E-state index in [1.807, 2.05) is 0 Å². The Bertz CT molecular complexity index is 484. The van der Waals surface area contributed by atoms with Gasteiger partial charge in [-0.1, -0.05) is 67.8 Å². The maximum absolute atomic E-state index is 7.17. The van der Waals surface area contributed by atoms with E-state index in [2.05, 4.69) is 12.2 Å². The SMILES string of the molecule is ClC1(Cl)C=C2CCCC2=CC1(C1CCCCC1)C1CCCCC1. The lowest BCUT2D eigenvalue weighted by atomic mass is 9.55. The van der Waals surface area contributed by atoms with Crippen molar-refractivity contribution in [3.63, 3.8) is 0 Å². The van der Waals surface area contributed by atoms with E-state index in [1.165, 1.54) is 89.0 Å². The summed E-state index contributed by atoms with van der Waals surface area (Å²) in [6.45, 7) is 0. The van der Waals surface area contributed by atoms with E-state index in [-0.39, 0.29) is 5.41 Å². The number of hydrogen-bond acceptors (Lipinski definition) is 0. The largest absolute Gasteiger partial charge is 0.146 e. The second-order valence-corrected chi connectivity index (χ2v) is 9.80. The first-order valence-corrected chi connectivity index (χ1v) is 10.7. The molecule has 0 N–H and O–H groups in total. The van der Waals surface area contributed by atoms with Crippen LogP contribution >= 0.6 is 23.2 Å². The van der Waals surface area contributed by atoms with Gasteiger partial charge in [-0.3, -0.25) is 0 Å². The summed E-state index contributed by atoms with van der Waals surface area (Å²) in [5, 5.41) is 0. The number of fused-ring (bicyclic) bond motifs is 1. The Hall–Kier alpha value is 0.0600. The summed E-state index contributed by atoms with van der Waals surface area (Å²) in [7, 11) is 0. The van der Waals surface area contributed by atoms with Gasteiger partial charge in [0.1, 0.15) is 4.33 Å². The van der Waals surface area contributed by atoms with Crippen LogP contribution in [0.1, 0.15) is 83.5 Å². The van der Waals surface area contributed by atoms with E-state index < -0.39 is 4.33 Å². The molecule has 0 radical (unpaired) electrons. The van der Waals surface area contributed by atoms with Gasteiger partial charge in [0.15, 0.2) is 0 Å². The Kier molecular flexibility index (Phi) is 4.61. The van der Waals surface area contributed by atoms with Gasteiger partial charge in [-0.2, -0.15) is 0 Å². The predicted molar refractivity (Wildman–Crippen MR) is 100 cm³/mol. The van der Waals surface area contributed by atoms with Crippen LogP contribution in [0.3, 0.4) is 0 Å². The van der Waals surface area contributed by atoms with Gasteiger partial charge in [-0.25, -0.2) is 0 Å². The molecule has 0 aromatic heterocycles. The molecule has 4 rings (SSSR count). The van der Waals surface area contributed by atoms with Crippen molar-refractivity contribution in [3.8, 4) is 0 Å². The van der Waals surface area contributed by atoms with E-state index in [0.717, 1.165) is 0 Å². The molecule has 0 saturated heterocycles. The van der Waals surface area contributed by atoms with Gasteiger partial charge in [0.2, 0.25) is 0 Å². The highest BCUT2D eigenvalue weighted by atomic mass is 35.5. The van der Waals surface area contributed by atoms with Gasteiger partial charge in [0, 0.05) is 5.41 Å². The van der Waals surface area contributed by atoms with Crippen molar-refractivity contribution in [2.45, 2.75) is 87.8 Å². The van der Waals surface area contributed by atoms with Crippen LogP contribution in [0.2, 0.25) is 0 Å². The molecule has 23 heavy (non-hydrogen) atoms. The van der Waals surface area contributed by atoms with Crippen molar-refractivity contribution >= 4 is 23.2 Å². The Labute approximate surface area is 151 Å². The number of allylic oxidation sites excluding steroid dienone is 4. The molecule has 0 aliphatic heterocycles. The molecule has 2 heteroatoms. The fourth-order valence-electron chi connectivity index (χ4n) is 6.12. The monoisotopic (exact) mass is 352 g/mol. The maximum atomic E-state index is 7.17. The molecule has 0 atom stereocenters. The molecule has 4 aliphatic rings. The summed E-state index contributed by atoms with van der Waals surface area (Å²) < 4.78 is -0.694. The first-order valence-electron chi connectivity index (χ1n) is 9.95. The quantitative estimate of drug-likeness (QED) is 0.455. The molecule has 3 fully saturated rings. The molecule has 0 unspecified atom stereocenters. The van der Waals surface area contributed by atoms with Crippen LogP contribution in [-0.2, 0) is 0 Å². The summed E-state index contributed by atoms with van der Waals surface area (Å²) >= 11 is 14.3. The normalized spacial score (nSPS) is 31.4. The molecule has 0 aromatic rings. The predicted octanol–water partition coefficient (Wildman–Crippen LogP) is 7.36. The summed E-state index contributed by atoms with van der Waals surface area (Å²) in [4.78, 5) is 0. The molecule has 128 valence electrons. The van der Waals surface area contributed by atoms with E-state index in [0.29, 0.717) is 11.8 Å². The molecule has 0 spiro atoms. The van der Waals surface area contributed by atoms with Gasteiger partial charge in [0.25, 0.3) is 0 Å². The molecular formula is C21H30Cl2. The minimum Gasteiger partial charge on any atom is -0.0960 e. The minimum atomic E-state index is -0.694. The van der Waals surface area contributed by atoms with E-state index in [9.17, 15) is 0 Å². The van der Waals surface area contributed by atoms with Gasteiger partial charge in [-0.05, 0) is 74.0 Å². The number of rotatable bonds is 2. The second-order valence-electron chi connectivity index (χ2n) is 8.42. The molecule has 0 bridgehead atoms. The van der Waals surface area contributed by atoms with Crippen LogP contribution in [0.15, 0.2) is 23.3 Å². The zero-order valence-corrected chi connectivity index (χ0v) is 15.8. The van der Waals surface area contributed by atoms with Crippen molar-refractivity contribution in [2.24, 2.45) is 17.3 Å². The smallest absolute Gasteiger partial charge is 0.0960 e. The average molecular weight is 353 g/mol. The lowest BCUT2D eigenvalue weighted by Gasteiger charge is -2.54. The Morgan fingerprint density at radius 2 is 1.13 bits per heavy atom. The van der Waals surface area contributed by atoms with E-state index in [4.69, 9.17) is 23.2 Å². The summed E-state index contributed by atoms with van der Waals surface area (Å²) in [6, 6.07) is 0. The lowest BCUT2D eigenvalue weighted by Crippen LogP contribution is -2.51. The number of halogens is 2. The third kappa shape index (κ3) is 2.73. The van der Waals surface area contributed by atoms with Gasteiger partial charge >= 0.3 is 0 Å². The minimum absolute atomic E-state index is 0.000123. The molecule has 3 saturated carbocycles. The van der Waals surface area contributed by atoms with Crippen molar-refractivity contribution in [1.82, 2.24) is 0 Å². The molecule has 0 heterocycles. The highest BCUT2D eigenvalue weighted by Crippen LogP contribution is 2.63. The van der Waals surface area contributed by atoms with Crippen LogP contribution in [0.25, 0.3) is 0 Å². The topological polar surface area (TPSA) is 0 Å². The summed E-state index contributed by atoms with van der Waals surface area (Å²) in [6.07, 6.45) is 22.2. The maximum Gasteiger partial charge on any atom is 0.146 e. The summed E-state index contributed by atoms with van der Waals surface area (Å²) in [5.41, 5.74) is 3.05. The Balaban J connectivity index is 1.79. The first-order chi connectivity index (χ1) is 11.1. The highest BCUT2D eigenvalue weighted by Gasteiger charge is 2.57. The van der Waals surface area contributed by atoms with Crippen molar-refractivity contribution in [1.29, 1.82) is 0 Å². The standard InChI is InChI=1S/C21H30Cl2/c22-21(23)15-17-9-7-8-16(17)14-20(21,18-10-3-1-4-11-18)19-12-5-2-6-13-19/h14-15,18-19H,1-13H2. The Morgan fingerprint density at radius 1 is 0.652 bits per heavy atom. The van der Waals surface area contributed by atoms with E-state index in [1.54, 1.807) is 5.57 Å². The van der Waals surface area contributed by atoms with Gasteiger partial charge in [0.05, 0.1) is 0 Å². The van der Waals surface area contributed by atoms with Crippen molar-refractivity contribution in [2.75, 3.05) is 0 Å².